The molecule has 3 heterocycles. The number of hydrogen-bond donors (Lipinski definition) is 0. The summed E-state index contributed by atoms with van der Waals surface area (Å²) in [5.74, 6) is -0.269. The van der Waals surface area contributed by atoms with Crippen LogP contribution in [0.4, 0.5) is 0 Å². The Kier molecular flexibility index (Phi) is 10.2. The van der Waals surface area contributed by atoms with Gasteiger partial charge in [0, 0.05) is 20.0 Å². The van der Waals surface area contributed by atoms with Crippen LogP contribution >= 0.6 is 23.2 Å². The molecule has 0 aromatic heterocycles. The SMILES string of the molecule is CC(=O)OC(C)(C)C=O.CN1CCN(C(=O)Cc2ccc(Cl)c(Cl)c2)C2C1COC[C@@H]2N1CCCC1. The molecule has 0 aliphatic carbocycles. The number of benzene rings is 1. The van der Waals surface area contributed by atoms with Crippen LogP contribution in [-0.2, 0) is 30.3 Å². The van der Waals surface area contributed by atoms with E-state index in [0.717, 1.165) is 31.7 Å². The zero-order chi connectivity index (χ0) is 26.5. The van der Waals surface area contributed by atoms with E-state index in [1.54, 1.807) is 12.1 Å². The van der Waals surface area contributed by atoms with Gasteiger partial charge in [-0.1, -0.05) is 29.3 Å². The number of rotatable bonds is 5. The number of piperazine rings is 1. The molecule has 8 nitrogen and oxygen atoms in total. The predicted octanol–water partition coefficient (Wildman–Crippen LogP) is 3.07. The van der Waals surface area contributed by atoms with Crippen molar-refractivity contribution in [3.8, 4) is 0 Å². The molecule has 3 aliphatic heterocycles. The van der Waals surface area contributed by atoms with Crippen LogP contribution in [0, 0.1) is 0 Å². The molecule has 0 spiro atoms. The number of likely N-dealkylation sites (tertiary alicyclic amines) is 1. The number of halogens is 2. The van der Waals surface area contributed by atoms with E-state index in [1.165, 1.54) is 33.6 Å². The van der Waals surface area contributed by atoms with Gasteiger partial charge in [-0.3, -0.25) is 24.2 Å². The summed E-state index contributed by atoms with van der Waals surface area (Å²) in [4.78, 5) is 40.6. The first kappa shape index (κ1) is 28.9. The molecule has 0 radical (unpaired) electrons. The molecule has 1 aromatic rings. The van der Waals surface area contributed by atoms with Gasteiger partial charge in [0.05, 0.1) is 47.8 Å². The molecule has 4 rings (SSSR count). The minimum absolute atomic E-state index is 0.169. The van der Waals surface area contributed by atoms with Gasteiger partial charge in [-0.2, -0.15) is 0 Å². The number of ether oxygens (including phenoxy) is 2. The Labute approximate surface area is 223 Å². The fraction of sp³-hybridized carbons (Fsp3) is 0.654. The topological polar surface area (TPSA) is 79.4 Å². The normalized spacial score (nSPS) is 24.9. The van der Waals surface area contributed by atoms with Crippen molar-refractivity contribution in [1.82, 2.24) is 14.7 Å². The van der Waals surface area contributed by atoms with Crippen molar-refractivity contribution in [3.05, 3.63) is 33.8 Å². The van der Waals surface area contributed by atoms with Gasteiger partial charge in [0.1, 0.15) is 0 Å². The van der Waals surface area contributed by atoms with Crippen molar-refractivity contribution in [2.45, 2.75) is 63.8 Å². The molecule has 0 saturated carbocycles. The highest BCUT2D eigenvalue weighted by atomic mass is 35.5. The summed E-state index contributed by atoms with van der Waals surface area (Å²) in [6.45, 7) is 9.60. The van der Waals surface area contributed by atoms with Gasteiger partial charge in [0.2, 0.25) is 5.91 Å². The Morgan fingerprint density at radius 3 is 2.33 bits per heavy atom. The number of amides is 1. The van der Waals surface area contributed by atoms with Crippen LogP contribution in [-0.4, -0.2) is 103 Å². The number of aldehydes is 1. The Balaban J connectivity index is 0.000000345. The number of likely N-dealkylation sites (N-methyl/N-ethyl adjacent to an activating group) is 1. The monoisotopic (exact) mass is 541 g/mol. The van der Waals surface area contributed by atoms with Gasteiger partial charge in [-0.05, 0) is 64.5 Å². The second-order valence-corrected chi connectivity index (χ2v) is 11.0. The predicted molar refractivity (Wildman–Crippen MR) is 139 cm³/mol. The lowest BCUT2D eigenvalue weighted by Crippen LogP contribution is -2.70. The molecule has 0 bridgehead atoms. The fourth-order valence-corrected chi connectivity index (χ4v) is 5.47. The summed E-state index contributed by atoms with van der Waals surface area (Å²) in [5.41, 5.74) is -0.0547. The molecule has 3 aliphatic rings. The first-order chi connectivity index (χ1) is 17.0. The Bertz CT molecular complexity index is 938. The standard InChI is InChI=1S/C20H27Cl2N3O2.C6H10O3/c1-23-8-9-25(19(26)11-14-4-5-15(21)16(22)10-14)20-17(23)12-27-13-18(20)24-6-2-3-7-24;1-5(8)9-6(2,3)4-7/h4-5,10,17-18,20H,2-3,6-9,11-13H2,1H3;4H,1-3H3/t17?,18-,20?;/m0./s1. The zero-order valence-corrected chi connectivity index (χ0v) is 23.1. The van der Waals surface area contributed by atoms with Crippen LogP contribution in [0.2, 0.25) is 10.0 Å². The third-order valence-corrected chi connectivity index (χ3v) is 7.68. The average Bonchev–Trinajstić information content (AvgIpc) is 3.36. The van der Waals surface area contributed by atoms with E-state index < -0.39 is 11.6 Å². The number of hydrogen-bond acceptors (Lipinski definition) is 7. The Morgan fingerprint density at radius 2 is 1.75 bits per heavy atom. The molecule has 200 valence electrons. The first-order valence-electron chi connectivity index (χ1n) is 12.4. The molecule has 1 amide bonds. The second kappa shape index (κ2) is 12.7. The largest absolute Gasteiger partial charge is 0.452 e. The number of fused-ring (bicyclic) bond motifs is 1. The first-order valence-corrected chi connectivity index (χ1v) is 13.2. The molecule has 10 heteroatoms. The van der Waals surface area contributed by atoms with Crippen LogP contribution in [0.15, 0.2) is 18.2 Å². The maximum Gasteiger partial charge on any atom is 0.303 e. The summed E-state index contributed by atoms with van der Waals surface area (Å²) < 4.78 is 10.5. The van der Waals surface area contributed by atoms with Gasteiger partial charge >= 0.3 is 5.97 Å². The number of nitrogens with zero attached hydrogens (tertiary/aromatic N) is 3. The van der Waals surface area contributed by atoms with Crippen molar-refractivity contribution in [1.29, 1.82) is 0 Å². The van der Waals surface area contributed by atoms with Crippen molar-refractivity contribution in [2.24, 2.45) is 0 Å². The maximum atomic E-state index is 13.3. The van der Waals surface area contributed by atoms with E-state index in [9.17, 15) is 14.4 Å². The summed E-state index contributed by atoms with van der Waals surface area (Å²) in [6, 6.07) is 6.19. The second-order valence-electron chi connectivity index (χ2n) is 10.2. The number of esters is 1. The van der Waals surface area contributed by atoms with Crippen LogP contribution in [0.5, 0.6) is 0 Å². The minimum atomic E-state index is -0.966. The van der Waals surface area contributed by atoms with Gasteiger partial charge < -0.3 is 14.4 Å². The molecule has 1 aromatic carbocycles. The van der Waals surface area contributed by atoms with Gasteiger partial charge in [-0.15, -0.1) is 0 Å². The fourth-order valence-electron chi connectivity index (χ4n) is 5.15. The third kappa shape index (κ3) is 7.42. The molecule has 3 atom stereocenters. The van der Waals surface area contributed by atoms with Crippen LogP contribution in [0.1, 0.15) is 39.2 Å². The van der Waals surface area contributed by atoms with Gasteiger partial charge in [0.15, 0.2) is 11.9 Å². The smallest absolute Gasteiger partial charge is 0.303 e. The summed E-state index contributed by atoms with van der Waals surface area (Å²) >= 11 is 12.1. The van der Waals surface area contributed by atoms with E-state index in [0.29, 0.717) is 36.0 Å². The van der Waals surface area contributed by atoms with E-state index in [2.05, 4.69) is 26.5 Å². The van der Waals surface area contributed by atoms with Crippen molar-refractivity contribution in [3.63, 3.8) is 0 Å². The molecular formula is C26H37Cl2N3O5. The number of carbonyl (C=O) groups excluding carboxylic acids is 3. The third-order valence-electron chi connectivity index (χ3n) is 6.95. The molecular weight excluding hydrogens is 505 g/mol. The maximum absolute atomic E-state index is 13.3. The molecule has 2 unspecified atom stereocenters. The summed E-state index contributed by atoms with van der Waals surface area (Å²) in [5, 5.41) is 1.02. The average molecular weight is 543 g/mol. The molecule has 0 N–H and O–H groups in total. The zero-order valence-electron chi connectivity index (χ0n) is 21.5. The lowest BCUT2D eigenvalue weighted by molar-refractivity contribution is -0.157. The van der Waals surface area contributed by atoms with E-state index in [-0.39, 0.29) is 24.0 Å². The van der Waals surface area contributed by atoms with E-state index >= 15 is 0 Å². The molecule has 36 heavy (non-hydrogen) atoms. The highest BCUT2D eigenvalue weighted by Gasteiger charge is 2.46. The highest BCUT2D eigenvalue weighted by molar-refractivity contribution is 6.42. The van der Waals surface area contributed by atoms with Crippen molar-refractivity contribution >= 4 is 41.4 Å². The van der Waals surface area contributed by atoms with Crippen LogP contribution in [0.3, 0.4) is 0 Å². The van der Waals surface area contributed by atoms with Crippen LogP contribution in [0.25, 0.3) is 0 Å². The Hall–Kier alpha value is -1.71. The molecule has 3 saturated heterocycles. The van der Waals surface area contributed by atoms with Gasteiger partial charge in [-0.25, -0.2) is 0 Å². The Morgan fingerprint density at radius 1 is 1.08 bits per heavy atom. The molecule has 3 fully saturated rings. The van der Waals surface area contributed by atoms with Crippen molar-refractivity contribution in [2.75, 3.05) is 46.4 Å². The highest BCUT2D eigenvalue weighted by Crippen LogP contribution is 2.30. The minimum Gasteiger partial charge on any atom is -0.452 e. The summed E-state index contributed by atoms with van der Waals surface area (Å²) in [6.07, 6.45) is 3.42. The van der Waals surface area contributed by atoms with E-state index in [4.69, 9.17) is 27.9 Å². The lowest BCUT2D eigenvalue weighted by Gasteiger charge is -2.53. The van der Waals surface area contributed by atoms with E-state index in [1.807, 2.05) is 6.07 Å². The quantitative estimate of drug-likeness (QED) is 0.418. The van der Waals surface area contributed by atoms with Crippen molar-refractivity contribution < 1.29 is 23.9 Å². The van der Waals surface area contributed by atoms with Crippen LogP contribution < -0.4 is 0 Å². The van der Waals surface area contributed by atoms with Gasteiger partial charge in [0.25, 0.3) is 0 Å². The lowest BCUT2D eigenvalue weighted by atomic mass is 9.91. The summed E-state index contributed by atoms with van der Waals surface area (Å²) in [7, 11) is 2.15. The number of carbonyl (C=O) groups is 3.